The van der Waals surface area contributed by atoms with Crippen molar-refractivity contribution in [2.75, 3.05) is 0 Å². The molecule has 21 heavy (non-hydrogen) atoms. The highest BCUT2D eigenvalue weighted by Crippen LogP contribution is 2.29. The van der Waals surface area contributed by atoms with E-state index in [9.17, 15) is 13.6 Å². The summed E-state index contributed by atoms with van der Waals surface area (Å²) in [5, 5.41) is 9.15. The van der Waals surface area contributed by atoms with E-state index >= 15 is 0 Å². The first kappa shape index (κ1) is 14.7. The van der Waals surface area contributed by atoms with Gasteiger partial charge in [-0.25, -0.2) is 13.6 Å². The average molecular weight is 290 g/mol. The third kappa shape index (κ3) is 3.25. The zero-order valence-corrected chi connectivity index (χ0v) is 11.2. The van der Waals surface area contributed by atoms with Gasteiger partial charge >= 0.3 is 5.97 Å². The van der Waals surface area contributed by atoms with Gasteiger partial charge in [0.25, 0.3) is 0 Å². The number of ether oxygens (including phenoxy) is 1. The number of phenolic OH excluding ortho intramolecular Hbond substituents is 1. The van der Waals surface area contributed by atoms with E-state index < -0.39 is 17.6 Å². The molecule has 0 aliphatic heterocycles. The molecule has 2 rings (SSSR count). The lowest BCUT2D eigenvalue weighted by molar-refractivity contribution is -0.130. The molecule has 0 amide bonds. The highest BCUT2D eigenvalue weighted by molar-refractivity contribution is 5.88. The minimum atomic E-state index is -0.797. The smallest absolute Gasteiger partial charge is 0.338 e. The van der Waals surface area contributed by atoms with Crippen LogP contribution in [0.4, 0.5) is 8.78 Å². The standard InChI is InChI=1S/C16H12F2O3/c1-9(2)16(20)21-15-6-3-10(7-14(15)18)12-5-4-11(19)8-13(12)17/h3-8,19H,1H2,2H3. The molecular weight excluding hydrogens is 278 g/mol. The fourth-order valence-electron chi connectivity index (χ4n) is 1.68. The first-order valence-electron chi connectivity index (χ1n) is 6.04. The molecule has 0 aliphatic rings. The summed E-state index contributed by atoms with van der Waals surface area (Å²) >= 11 is 0. The third-order valence-corrected chi connectivity index (χ3v) is 2.75. The molecule has 5 heteroatoms. The van der Waals surface area contributed by atoms with E-state index in [1.165, 1.54) is 31.2 Å². The zero-order chi connectivity index (χ0) is 15.6. The number of hydrogen-bond donors (Lipinski definition) is 1. The summed E-state index contributed by atoms with van der Waals surface area (Å²) in [6.45, 7) is 4.84. The molecule has 0 heterocycles. The van der Waals surface area contributed by atoms with Crippen molar-refractivity contribution in [3.63, 3.8) is 0 Å². The molecule has 0 spiro atoms. The molecule has 2 aromatic rings. The lowest BCUT2D eigenvalue weighted by atomic mass is 10.0. The maximum Gasteiger partial charge on any atom is 0.338 e. The Morgan fingerprint density at radius 1 is 1.14 bits per heavy atom. The van der Waals surface area contributed by atoms with Crippen LogP contribution in [0.5, 0.6) is 11.5 Å². The van der Waals surface area contributed by atoms with Crippen LogP contribution >= 0.6 is 0 Å². The summed E-state index contributed by atoms with van der Waals surface area (Å²) in [6, 6.07) is 7.26. The van der Waals surface area contributed by atoms with Crippen molar-refractivity contribution in [3.05, 3.63) is 60.2 Å². The van der Waals surface area contributed by atoms with Crippen LogP contribution in [0, 0.1) is 11.6 Å². The van der Waals surface area contributed by atoms with Crippen molar-refractivity contribution < 1.29 is 23.4 Å². The molecular formula is C16H12F2O3. The van der Waals surface area contributed by atoms with Crippen LogP contribution < -0.4 is 4.74 Å². The van der Waals surface area contributed by atoms with Gasteiger partial charge in [-0.3, -0.25) is 0 Å². The Balaban J connectivity index is 2.34. The molecule has 1 N–H and O–H groups in total. The van der Waals surface area contributed by atoms with Crippen LogP contribution in [0.15, 0.2) is 48.6 Å². The van der Waals surface area contributed by atoms with Gasteiger partial charge in [-0.15, -0.1) is 0 Å². The first-order valence-corrected chi connectivity index (χ1v) is 6.04. The van der Waals surface area contributed by atoms with Gasteiger partial charge in [0.2, 0.25) is 0 Å². The maximum absolute atomic E-state index is 13.9. The van der Waals surface area contributed by atoms with E-state index in [0.29, 0.717) is 0 Å². The van der Waals surface area contributed by atoms with Gasteiger partial charge in [0.05, 0.1) is 0 Å². The van der Waals surface area contributed by atoms with Crippen LogP contribution in [0.3, 0.4) is 0 Å². The van der Waals surface area contributed by atoms with Crippen molar-refractivity contribution in [2.24, 2.45) is 0 Å². The van der Waals surface area contributed by atoms with E-state index in [4.69, 9.17) is 9.84 Å². The Bertz CT molecular complexity index is 723. The molecule has 0 bridgehead atoms. The summed E-state index contributed by atoms with van der Waals surface area (Å²) in [4.78, 5) is 11.3. The van der Waals surface area contributed by atoms with Gasteiger partial charge in [0.1, 0.15) is 11.6 Å². The molecule has 0 radical (unpaired) electrons. The van der Waals surface area contributed by atoms with Crippen LogP contribution in [0.1, 0.15) is 6.92 Å². The number of benzene rings is 2. The Labute approximate surface area is 120 Å². The summed E-state index contributed by atoms with van der Waals surface area (Å²) in [6.07, 6.45) is 0. The average Bonchev–Trinajstić information content (AvgIpc) is 2.41. The number of halogens is 2. The number of esters is 1. The van der Waals surface area contributed by atoms with Crippen molar-refractivity contribution in [2.45, 2.75) is 6.92 Å². The zero-order valence-electron chi connectivity index (χ0n) is 11.2. The SMILES string of the molecule is C=C(C)C(=O)Oc1ccc(-c2ccc(O)cc2F)cc1F. The van der Waals surface area contributed by atoms with Crippen LogP contribution in [0.2, 0.25) is 0 Å². The Morgan fingerprint density at radius 2 is 1.86 bits per heavy atom. The molecule has 0 unspecified atom stereocenters. The van der Waals surface area contributed by atoms with Gasteiger partial charge in [-0.1, -0.05) is 12.6 Å². The van der Waals surface area contributed by atoms with E-state index in [1.807, 2.05) is 0 Å². The normalized spacial score (nSPS) is 10.2. The lowest BCUT2D eigenvalue weighted by Gasteiger charge is -2.08. The van der Waals surface area contributed by atoms with Gasteiger partial charge in [-0.2, -0.15) is 0 Å². The predicted octanol–water partition coefficient (Wildman–Crippen LogP) is 3.82. The summed E-state index contributed by atoms with van der Waals surface area (Å²) in [7, 11) is 0. The number of aromatic hydroxyl groups is 1. The molecule has 0 fully saturated rings. The highest BCUT2D eigenvalue weighted by atomic mass is 19.1. The second-order valence-corrected chi connectivity index (χ2v) is 4.48. The summed E-state index contributed by atoms with van der Waals surface area (Å²) in [5.74, 6) is -2.69. The van der Waals surface area contributed by atoms with Crippen LogP contribution in [-0.4, -0.2) is 11.1 Å². The molecule has 108 valence electrons. The molecule has 2 aromatic carbocycles. The molecule has 0 aliphatic carbocycles. The number of carbonyl (C=O) groups excluding carboxylic acids is 1. The molecule has 0 saturated carbocycles. The first-order chi connectivity index (χ1) is 9.88. The van der Waals surface area contributed by atoms with E-state index in [2.05, 4.69) is 6.58 Å². The predicted molar refractivity (Wildman–Crippen MR) is 73.9 cm³/mol. The number of rotatable bonds is 3. The second-order valence-electron chi connectivity index (χ2n) is 4.48. The molecule has 3 nitrogen and oxygen atoms in total. The molecule has 0 saturated heterocycles. The van der Waals surface area contributed by atoms with E-state index in [1.54, 1.807) is 0 Å². The van der Waals surface area contributed by atoms with Crippen molar-refractivity contribution in [1.82, 2.24) is 0 Å². The third-order valence-electron chi connectivity index (χ3n) is 2.75. The minimum Gasteiger partial charge on any atom is -0.508 e. The van der Waals surface area contributed by atoms with Gasteiger partial charge in [-0.05, 0) is 36.8 Å². The largest absolute Gasteiger partial charge is 0.508 e. The molecule has 0 atom stereocenters. The fourth-order valence-corrected chi connectivity index (χ4v) is 1.68. The van der Waals surface area contributed by atoms with E-state index in [0.717, 1.165) is 12.1 Å². The topological polar surface area (TPSA) is 46.5 Å². The Morgan fingerprint density at radius 3 is 2.43 bits per heavy atom. The van der Waals surface area contributed by atoms with Gasteiger partial charge in [0.15, 0.2) is 11.6 Å². The quantitative estimate of drug-likeness (QED) is 0.531. The lowest BCUT2D eigenvalue weighted by Crippen LogP contribution is -2.09. The number of phenols is 1. The number of carbonyl (C=O) groups is 1. The van der Waals surface area contributed by atoms with Gasteiger partial charge < -0.3 is 9.84 Å². The minimum absolute atomic E-state index is 0.129. The summed E-state index contributed by atoms with van der Waals surface area (Å²) < 4.78 is 32.4. The van der Waals surface area contributed by atoms with Crippen LogP contribution in [-0.2, 0) is 4.79 Å². The molecule has 0 aromatic heterocycles. The summed E-state index contributed by atoms with van der Waals surface area (Å²) in [5.41, 5.74) is 0.535. The van der Waals surface area contributed by atoms with Crippen molar-refractivity contribution in [1.29, 1.82) is 0 Å². The van der Waals surface area contributed by atoms with E-state index in [-0.39, 0.29) is 28.2 Å². The number of hydrogen-bond acceptors (Lipinski definition) is 3. The monoisotopic (exact) mass is 290 g/mol. The van der Waals surface area contributed by atoms with Crippen molar-refractivity contribution >= 4 is 5.97 Å². The maximum atomic E-state index is 13.9. The fraction of sp³-hybridized carbons (Fsp3) is 0.0625. The van der Waals surface area contributed by atoms with Crippen molar-refractivity contribution in [3.8, 4) is 22.6 Å². The Hall–Kier alpha value is -2.69. The Kier molecular flexibility index (Phi) is 4.03. The highest BCUT2D eigenvalue weighted by Gasteiger charge is 2.13. The van der Waals surface area contributed by atoms with Gasteiger partial charge in [0, 0.05) is 17.2 Å². The van der Waals surface area contributed by atoms with Crippen LogP contribution in [0.25, 0.3) is 11.1 Å². The second kappa shape index (κ2) is 5.75.